The van der Waals surface area contributed by atoms with Crippen molar-refractivity contribution in [3.63, 3.8) is 0 Å². The number of nitrogens with zero attached hydrogens (tertiary/aromatic N) is 2. The molecule has 3 aromatic carbocycles. The minimum atomic E-state index is -0.822. The van der Waals surface area contributed by atoms with Gasteiger partial charge in [0, 0.05) is 12.0 Å². The zero-order valence-corrected chi connectivity index (χ0v) is 20.5. The second-order valence-corrected chi connectivity index (χ2v) is 9.84. The number of ether oxygens (including phenoxy) is 2. The number of thiazole rings is 1. The molecule has 1 saturated heterocycles. The number of fused-ring (bicyclic) bond motifs is 2. The molecule has 1 N–H and O–H groups in total. The number of hydrogen-bond donors (Lipinski definition) is 1. The number of aryl methyl sites for hydroxylation is 1. The van der Waals surface area contributed by atoms with Crippen molar-refractivity contribution in [2.45, 2.75) is 19.4 Å². The van der Waals surface area contributed by atoms with Crippen molar-refractivity contribution >= 4 is 44.1 Å². The molecular weight excluding hydrogens is 476 g/mol. The Morgan fingerprint density at radius 3 is 2.81 bits per heavy atom. The van der Waals surface area contributed by atoms with Crippen LogP contribution in [0.2, 0.25) is 0 Å². The molecule has 1 unspecified atom stereocenters. The van der Waals surface area contributed by atoms with E-state index in [1.54, 1.807) is 25.3 Å². The lowest BCUT2D eigenvalue weighted by Crippen LogP contribution is -2.29. The van der Waals surface area contributed by atoms with Crippen LogP contribution in [-0.4, -0.2) is 35.5 Å². The number of ketones is 1. The third kappa shape index (κ3) is 3.53. The fourth-order valence-corrected chi connectivity index (χ4v) is 5.82. The zero-order chi connectivity index (χ0) is 25.0. The minimum absolute atomic E-state index is 0.0429. The molecule has 4 aromatic rings. The molecule has 0 radical (unpaired) electrons. The molecule has 180 valence electrons. The molecule has 1 fully saturated rings. The van der Waals surface area contributed by atoms with Gasteiger partial charge in [-0.15, -0.1) is 0 Å². The molecule has 1 amide bonds. The van der Waals surface area contributed by atoms with Crippen molar-refractivity contribution in [2.75, 3.05) is 18.6 Å². The summed E-state index contributed by atoms with van der Waals surface area (Å²) in [5.74, 6) is -0.228. The van der Waals surface area contributed by atoms with Gasteiger partial charge in [0.1, 0.15) is 17.3 Å². The first kappa shape index (κ1) is 22.3. The Morgan fingerprint density at radius 2 is 2.00 bits per heavy atom. The van der Waals surface area contributed by atoms with Gasteiger partial charge in [0.15, 0.2) is 5.13 Å². The Labute approximate surface area is 211 Å². The molecule has 2 aliphatic heterocycles. The fourth-order valence-electron chi connectivity index (χ4n) is 4.80. The number of aliphatic hydroxyl groups excluding tert-OH is 1. The molecule has 0 saturated carbocycles. The summed E-state index contributed by atoms with van der Waals surface area (Å²) in [6.45, 7) is 2.52. The molecule has 3 heterocycles. The number of methoxy groups -OCH3 is 1. The van der Waals surface area contributed by atoms with E-state index in [1.807, 2.05) is 49.4 Å². The van der Waals surface area contributed by atoms with Crippen LogP contribution in [0.1, 0.15) is 28.3 Å². The topological polar surface area (TPSA) is 89.0 Å². The highest BCUT2D eigenvalue weighted by atomic mass is 32.1. The first-order valence-electron chi connectivity index (χ1n) is 11.5. The lowest BCUT2D eigenvalue weighted by atomic mass is 9.94. The summed E-state index contributed by atoms with van der Waals surface area (Å²) in [6, 6.07) is 17.6. The lowest BCUT2D eigenvalue weighted by Gasteiger charge is -2.23. The Bertz CT molecular complexity index is 1590. The van der Waals surface area contributed by atoms with Crippen LogP contribution < -0.4 is 14.4 Å². The van der Waals surface area contributed by atoms with Crippen molar-refractivity contribution in [3.8, 4) is 11.5 Å². The monoisotopic (exact) mass is 498 g/mol. The molecule has 0 aliphatic carbocycles. The molecule has 6 rings (SSSR count). The molecule has 36 heavy (non-hydrogen) atoms. The molecule has 8 heteroatoms. The number of anilines is 1. The van der Waals surface area contributed by atoms with E-state index < -0.39 is 17.7 Å². The van der Waals surface area contributed by atoms with Crippen LogP contribution in [-0.2, 0) is 16.0 Å². The van der Waals surface area contributed by atoms with Crippen LogP contribution >= 0.6 is 11.3 Å². The van der Waals surface area contributed by atoms with Gasteiger partial charge in [-0.1, -0.05) is 41.2 Å². The van der Waals surface area contributed by atoms with E-state index in [0.29, 0.717) is 28.6 Å². The van der Waals surface area contributed by atoms with Crippen LogP contribution in [0, 0.1) is 6.92 Å². The number of carbonyl (C=O) groups excluding carboxylic acids is 2. The summed E-state index contributed by atoms with van der Waals surface area (Å²) < 4.78 is 11.7. The molecule has 0 spiro atoms. The van der Waals surface area contributed by atoms with Gasteiger partial charge in [0.2, 0.25) is 0 Å². The maximum atomic E-state index is 13.5. The molecule has 1 atom stereocenters. The SMILES string of the molecule is COc1ccc2nc(N3C(=O)C(=O)/C(=C(/O)c4ccc5c(c4)CCO5)C3c3cccc(C)c3)sc2c1. The van der Waals surface area contributed by atoms with Gasteiger partial charge in [0.25, 0.3) is 5.78 Å². The summed E-state index contributed by atoms with van der Waals surface area (Å²) >= 11 is 1.30. The van der Waals surface area contributed by atoms with Gasteiger partial charge in [0.05, 0.1) is 35.5 Å². The van der Waals surface area contributed by atoms with E-state index >= 15 is 0 Å². The fraction of sp³-hybridized carbons (Fsp3) is 0.179. The minimum Gasteiger partial charge on any atom is -0.507 e. The number of amides is 1. The van der Waals surface area contributed by atoms with E-state index in [1.165, 1.54) is 16.2 Å². The highest BCUT2D eigenvalue weighted by Crippen LogP contribution is 2.45. The van der Waals surface area contributed by atoms with Crippen molar-refractivity contribution in [3.05, 3.63) is 88.5 Å². The average Bonchev–Trinajstić information content (AvgIpc) is 3.59. The number of Topliss-reactive ketones (excluding diaryl/α,β-unsaturated/α-hetero) is 1. The Balaban J connectivity index is 1.54. The maximum absolute atomic E-state index is 13.5. The van der Waals surface area contributed by atoms with E-state index in [0.717, 1.165) is 33.6 Å². The number of hydrogen-bond acceptors (Lipinski definition) is 7. The summed E-state index contributed by atoms with van der Waals surface area (Å²) in [5.41, 5.74) is 3.86. The highest BCUT2D eigenvalue weighted by molar-refractivity contribution is 7.22. The summed E-state index contributed by atoms with van der Waals surface area (Å²) in [4.78, 5) is 33.0. The highest BCUT2D eigenvalue weighted by Gasteiger charge is 2.48. The van der Waals surface area contributed by atoms with Crippen LogP contribution in [0.5, 0.6) is 11.5 Å². The molecular formula is C28H22N2O5S. The molecule has 7 nitrogen and oxygen atoms in total. The largest absolute Gasteiger partial charge is 0.507 e. The van der Waals surface area contributed by atoms with E-state index in [9.17, 15) is 14.7 Å². The van der Waals surface area contributed by atoms with Gasteiger partial charge in [-0.3, -0.25) is 14.5 Å². The normalized spacial score (nSPS) is 18.5. The van der Waals surface area contributed by atoms with Crippen LogP contribution in [0.15, 0.2) is 66.2 Å². The Kier molecular flexibility index (Phi) is 5.26. The lowest BCUT2D eigenvalue weighted by molar-refractivity contribution is -0.132. The van der Waals surface area contributed by atoms with E-state index in [-0.39, 0.29) is 11.3 Å². The zero-order valence-electron chi connectivity index (χ0n) is 19.6. The second-order valence-electron chi connectivity index (χ2n) is 8.83. The van der Waals surface area contributed by atoms with E-state index in [4.69, 9.17) is 9.47 Å². The van der Waals surface area contributed by atoms with Gasteiger partial charge >= 0.3 is 5.91 Å². The third-order valence-corrected chi connectivity index (χ3v) is 7.57. The Hall–Kier alpha value is -4.17. The number of aliphatic hydroxyl groups is 1. The smallest absolute Gasteiger partial charge is 0.301 e. The number of aromatic nitrogens is 1. The van der Waals surface area contributed by atoms with Crippen molar-refractivity contribution in [1.82, 2.24) is 4.98 Å². The predicted octanol–water partition coefficient (Wildman–Crippen LogP) is 5.17. The quantitative estimate of drug-likeness (QED) is 0.237. The van der Waals surface area contributed by atoms with Gasteiger partial charge < -0.3 is 14.6 Å². The van der Waals surface area contributed by atoms with Crippen LogP contribution in [0.3, 0.4) is 0 Å². The van der Waals surface area contributed by atoms with Gasteiger partial charge in [-0.05, 0) is 54.4 Å². The maximum Gasteiger partial charge on any atom is 0.301 e. The first-order valence-corrected chi connectivity index (χ1v) is 12.3. The summed E-state index contributed by atoms with van der Waals surface area (Å²) in [6.07, 6.45) is 0.723. The number of rotatable bonds is 4. The number of benzene rings is 3. The van der Waals surface area contributed by atoms with Crippen LogP contribution in [0.25, 0.3) is 16.0 Å². The van der Waals surface area contributed by atoms with E-state index in [2.05, 4.69) is 4.98 Å². The summed E-state index contributed by atoms with van der Waals surface area (Å²) in [5, 5.41) is 11.8. The van der Waals surface area contributed by atoms with Crippen molar-refractivity contribution in [2.24, 2.45) is 0 Å². The second kappa shape index (κ2) is 8.49. The Morgan fingerprint density at radius 1 is 1.14 bits per heavy atom. The van der Waals surface area contributed by atoms with Gasteiger partial charge in [-0.2, -0.15) is 0 Å². The van der Waals surface area contributed by atoms with Crippen LogP contribution in [0.4, 0.5) is 5.13 Å². The summed E-state index contributed by atoms with van der Waals surface area (Å²) in [7, 11) is 1.59. The molecule has 0 bridgehead atoms. The van der Waals surface area contributed by atoms with Crippen molar-refractivity contribution < 1.29 is 24.2 Å². The number of carbonyl (C=O) groups is 2. The predicted molar refractivity (Wildman–Crippen MR) is 138 cm³/mol. The molecule has 2 aliphatic rings. The molecule has 1 aromatic heterocycles. The van der Waals surface area contributed by atoms with Gasteiger partial charge in [-0.25, -0.2) is 4.98 Å². The van der Waals surface area contributed by atoms with Crippen molar-refractivity contribution in [1.29, 1.82) is 0 Å². The first-order chi connectivity index (χ1) is 17.4. The average molecular weight is 499 g/mol. The standard InChI is InChI=1S/C28H22N2O5S/c1-15-4-3-5-17(12-15)24-23(25(31)18-6-9-21-16(13-18)10-11-35-21)26(32)27(33)30(24)28-29-20-8-7-19(34-2)14-22(20)36-28/h3-9,12-14,24,31H,10-11H2,1-2H3/b25-23+. The third-order valence-electron chi connectivity index (χ3n) is 6.56.